The molecule has 0 amide bonds. The summed E-state index contributed by atoms with van der Waals surface area (Å²) < 4.78 is 0. The molecule has 0 aliphatic rings. The SMILES string of the molecule is CCCCCCCC(C(=CCCCCCC(C)C(=O)O)C(=O)O)(C(C)CC)C(C)CC. The van der Waals surface area contributed by atoms with Crippen LogP contribution in [0.1, 0.15) is 125 Å². The van der Waals surface area contributed by atoms with Crippen molar-refractivity contribution in [2.45, 2.75) is 125 Å². The van der Waals surface area contributed by atoms with Crippen LogP contribution in [0.3, 0.4) is 0 Å². The van der Waals surface area contributed by atoms with Crippen molar-refractivity contribution in [3.8, 4) is 0 Å². The lowest BCUT2D eigenvalue weighted by Gasteiger charge is -2.45. The third-order valence-electron chi connectivity index (χ3n) is 7.52. The summed E-state index contributed by atoms with van der Waals surface area (Å²) in [7, 11) is 0. The smallest absolute Gasteiger partial charge is 0.331 e. The van der Waals surface area contributed by atoms with Crippen LogP contribution in [0.5, 0.6) is 0 Å². The topological polar surface area (TPSA) is 74.6 Å². The van der Waals surface area contributed by atoms with Crippen molar-refractivity contribution in [2.24, 2.45) is 23.2 Å². The van der Waals surface area contributed by atoms with Crippen molar-refractivity contribution >= 4 is 11.9 Å². The number of hydrogen-bond acceptors (Lipinski definition) is 2. The monoisotopic (exact) mass is 438 g/mol. The molecule has 0 aromatic carbocycles. The first-order chi connectivity index (χ1) is 14.7. The predicted octanol–water partition coefficient (Wildman–Crippen LogP) is 8.11. The fourth-order valence-electron chi connectivity index (χ4n) is 5.01. The molecule has 2 N–H and O–H groups in total. The second kappa shape index (κ2) is 16.3. The summed E-state index contributed by atoms with van der Waals surface area (Å²) in [5, 5.41) is 19.2. The highest BCUT2D eigenvalue weighted by Gasteiger charge is 2.44. The van der Waals surface area contributed by atoms with E-state index in [1.165, 1.54) is 25.7 Å². The van der Waals surface area contributed by atoms with Crippen molar-refractivity contribution in [1.82, 2.24) is 0 Å². The molecule has 3 unspecified atom stereocenters. The number of allylic oxidation sites excluding steroid dienone is 1. The molecule has 0 aromatic rings. The third-order valence-corrected chi connectivity index (χ3v) is 7.52. The molecule has 0 aliphatic heterocycles. The van der Waals surface area contributed by atoms with Crippen LogP contribution in [0.4, 0.5) is 0 Å². The van der Waals surface area contributed by atoms with E-state index in [-0.39, 0.29) is 11.3 Å². The van der Waals surface area contributed by atoms with Gasteiger partial charge in [0.1, 0.15) is 0 Å². The van der Waals surface area contributed by atoms with Gasteiger partial charge in [-0.1, -0.05) is 105 Å². The van der Waals surface area contributed by atoms with Gasteiger partial charge in [-0.05, 0) is 37.5 Å². The van der Waals surface area contributed by atoms with Crippen LogP contribution in [0.25, 0.3) is 0 Å². The Hall–Kier alpha value is -1.32. The van der Waals surface area contributed by atoms with Gasteiger partial charge in [-0.25, -0.2) is 4.79 Å². The summed E-state index contributed by atoms with van der Waals surface area (Å²) in [6.07, 6.45) is 15.1. The van der Waals surface area contributed by atoms with Crippen LogP contribution in [-0.4, -0.2) is 22.2 Å². The minimum absolute atomic E-state index is 0.278. The average molecular weight is 439 g/mol. The van der Waals surface area contributed by atoms with E-state index in [2.05, 4.69) is 34.6 Å². The van der Waals surface area contributed by atoms with Gasteiger partial charge in [0.2, 0.25) is 0 Å². The fourth-order valence-corrected chi connectivity index (χ4v) is 5.01. The Bertz CT molecular complexity index is 527. The van der Waals surface area contributed by atoms with E-state index in [0.717, 1.165) is 51.4 Å². The Balaban J connectivity index is 5.42. The van der Waals surface area contributed by atoms with Crippen LogP contribution >= 0.6 is 0 Å². The maximum Gasteiger partial charge on any atom is 0.331 e. The third kappa shape index (κ3) is 9.78. The van der Waals surface area contributed by atoms with E-state index in [9.17, 15) is 14.7 Å². The van der Waals surface area contributed by atoms with Gasteiger partial charge in [0.05, 0.1) is 5.92 Å². The molecule has 0 aliphatic carbocycles. The Morgan fingerprint density at radius 1 is 0.806 bits per heavy atom. The molecular weight excluding hydrogens is 388 g/mol. The van der Waals surface area contributed by atoms with E-state index in [4.69, 9.17) is 5.11 Å². The van der Waals surface area contributed by atoms with Crippen molar-refractivity contribution in [1.29, 1.82) is 0 Å². The molecule has 4 nitrogen and oxygen atoms in total. The molecular formula is C27H50O4. The summed E-state index contributed by atoms with van der Waals surface area (Å²) >= 11 is 0. The zero-order valence-electron chi connectivity index (χ0n) is 21.2. The van der Waals surface area contributed by atoms with Gasteiger partial charge in [-0.3, -0.25) is 4.79 Å². The summed E-state index contributed by atoms with van der Waals surface area (Å²) in [5.74, 6) is -1.14. The Morgan fingerprint density at radius 3 is 1.84 bits per heavy atom. The molecule has 182 valence electrons. The van der Waals surface area contributed by atoms with Crippen LogP contribution in [0.15, 0.2) is 11.6 Å². The van der Waals surface area contributed by atoms with Crippen molar-refractivity contribution in [3.63, 3.8) is 0 Å². The second-order valence-electron chi connectivity index (χ2n) is 9.62. The molecule has 31 heavy (non-hydrogen) atoms. The average Bonchev–Trinajstić information content (AvgIpc) is 2.74. The molecule has 0 rings (SSSR count). The van der Waals surface area contributed by atoms with E-state index in [1.807, 2.05) is 6.08 Å². The normalized spacial score (nSPS) is 17.0. The van der Waals surface area contributed by atoms with Gasteiger partial charge < -0.3 is 10.2 Å². The first-order valence-corrected chi connectivity index (χ1v) is 12.9. The molecule has 3 atom stereocenters. The molecule has 0 saturated heterocycles. The molecule has 0 aromatic heterocycles. The molecule has 0 spiro atoms. The number of carboxylic acid groups (broad SMARTS) is 2. The summed E-state index contributed by atoms with van der Waals surface area (Å²) in [6.45, 7) is 12.8. The van der Waals surface area contributed by atoms with E-state index >= 15 is 0 Å². The van der Waals surface area contributed by atoms with Crippen LogP contribution in [0, 0.1) is 23.2 Å². The molecule has 0 radical (unpaired) electrons. The zero-order valence-corrected chi connectivity index (χ0v) is 21.2. The summed E-state index contributed by atoms with van der Waals surface area (Å²) in [4.78, 5) is 23.4. The van der Waals surface area contributed by atoms with Gasteiger partial charge in [0.15, 0.2) is 0 Å². The highest BCUT2D eigenvalue weighted by atomic mass is 16.4. The van der Waals surface area contributed by atoms with Crippen LogP contribution in [0.2, 0.25) is 0 Å². The maximum atomic E-state index is 12.5. The lowest BCUT2D eigenvalue weighted by Crippen LogP contribution is -2.40. The van der Waals surface area contributed by atoms with Gasteiger partial charge in [0, 0.05) is 11.0 Å². The number of unbranched alkanes of at least 4 members (excludes halogenated alkanes) is 7. The highest BCUT2D eigenvalue weighted by Crippen LogP contribution is 2.50. The summed E-state index contributed by atoms with van der Waals surface area (Å²) in [6, 6.07) is 0. The number of carbonyl (C=O) groups is 2. The van der Waals surface area contributed by atoms with E-state index < -0.39 is 11.9 Å². The molecule has 0 saturated carbocycles. The van der Waals surface area contributed by atoms with Crippen LogP contribution in [-0.2, 0) is 9.59 Å². The van der Waals surface area contributed by atoms with Crippen molar-refractivity contribution in [3.05, 3.63) is 11.6 Å². The highest BCUT2D eigenvalue weighted by molar-refractivity contribution is 5.88. The standard InChI is InChI=1S/C27H50O4/c1-7-10-11-14-17-20-27(22(5)8-2,23(6)9-3)24(26(30)31)19-16-13-12-15-18-21(4)25(28)29/h19,21-23H,7-18,20H2,1-6H3,(H,28,29)(H,30,31). The molecule has 0 bridgehead atoms. The number of carboxylic acids is 2. The summed E-state index contributed by atoms with van der Waals surface area (Å²) in [5.41, 5.74) is 0.352. The van der Waals surface area contributed by atoms with E-state index in [1.54, 1.807) is 6.92 Å². The Labute approximate surface area is 191 Å². The number of aliphatic carboxylic acids is 2. The Kier molecular flexibility index (Phi) is 15.6. The molecule has 0 fully saturated rings. The number of hydrogen-bond donors (Lipinski definition) is 2. The maximum absolute atomic E-state index is 12.5. The minimum Gasteiger partial charge on any atom is -0.481 e. The molecule has 4 heteroatoms. The number of rotatable bonds is 19. The first kappa shape index (κ1) is 29.7. The van der Waals surface area contributed by atoms with Crippen molar-refractivity contribution in [2.75, 3.05) is 0 Å². The van der Waals surface area contributed by atoms with Crippen molar-refractivity contribution < 1.29 is 19.8 Å². The van der Waals surface area contributed by atoms with Gasteiger partial charge in [-0.15, -0.1) is 0 Å². The first-order valence-electron chi connectivity index (χ1n) is 12.9. The second-order valence-corrected chi connectivity index (χ2v) is 9.62. The lowest BCUT2D eigenvalue weighted by atomic mass is 9.59. The Morgan fingerprint density at radius 2 is 1.35 bits per heavy atom. The van der Waals surface area contributed by atoms with Gasteiger partial charge >= 0.3 is 11.9 Å². The zero-order chi connectivity index (χ0) is 23.9. The van der Waals surface area contributed by atoms with Crippen LogP contribution < -0.4 is 0 Å². The van der Waals surface area contributed by atoms with Gasteiger partial charge in [-0.2, -0.15) is 0 Å². The van der Waals surface area contributed by atoms with E-state index in [0.29, 0.717) is 23.8 Å². The largest absolute Gasteiger partial charge is 0.481 e. The minimum atomic E-state index is -0.756. The fraction of sp³-hybridized carbons (Fsp3) is 0.852. The lowest BCUT2D eigenvalue weighted by molar-refractivity contribution is -0.141. The quantitative estimate of drug-likeness (QED) is 0.158. The predicted molar refractivity (Wildman–Crippen MR) is 130 cm³/mol. The van der Waals surface area contributed by atoms with Gasteiger partial charge in [0.25, 0.3) is 0 Å². The molecule has 0 heterocycles.